The van der Waals surface area contributed by atoms with Crippen LogP contribution in [0, 0.1) is 11.6 Å². The van der Waals surface area contributed by atoms with Crippen LogP contribution in [-0.2, 0) is 25.7 Å². The normalized spacial score (nSPS) is 18.7. The number of rotatable bonds is 14. The summed E-state index contributed by atoms with van der Waals surface area (Å²) in [6.45, 7) is 5.36. The number of carbonyl (C=O) groups excluding carboxylic acids is 5. The molecule has 332 valence electrons. The highest BCUT2D eigenvalue weighted by atomic mass is 19.1. The van der Waals surface area contributed by atoms with Crippen LogP contribution < -0.4 is 16.0 Å². The number of nitrogens with zero attached hydrogens (tertiary/aromatic N) is 7. The number of hydrogen-bond donors (Lipinski definition) is 3. The van der Waals surface area contributed by atoms with Crippen LogP contribution in [0.25, 0.3) is 33.4 Å². The number of hydrogen-bond acceptors (Lipinski definition) is 12. The fourth-order valence-electron chi connectivity index (χ4n) is 8.86. The molecule has 0 radical (unpaired) electrons. The summed E-state index contributed by atoms with van der Waals surface area (Å²) < 4.78 is 38.1. The lowest BCUT2D eigenvalue weighted by atomic mass is 10.0. The number of fused-ring (bicyclic) bond motifs is 2. The Kier molecular flexibility index (Phi) is 12.5. The van der Waals surface area contributed by atoms with E-state index in [2.05, 4.69) is 30.9 Å². The standard InChI is InChI=1S/C46H48F2N10O6/c47-36-20-28(21-37(48)35(36)26-56-16-18-64-19-17-56)32-4-3-5-38-43(32)53-39(24-51-38)29-23-52-57(25-29)31-10-14-55(15-11-31)27-42(60)50-13-2-1-12-49-30-6-7-33-34(22-30)46(63)58(45(33)62)40-8-9-41(59)54-44(40)61/h3-7,20-25,31,40,49H,1-2,8-19,26-27H2,(H,50,60)(H,54,59,61). The van der Waals surface area contributed by atoms with Gasteiger partial charge in [-0.3, -0.25) is 53.7 Å². The van der Waals surface area contributed by atoms with E-state index in [4.69, 9.17) is 9.72 Å². The van der Waals surface area contributed by atoms with Crippen LogP contribution in [-0.4, -0.2) is 129 Å². The second-order valence-electron chi connectivity index (χ2n) is 16.6. The Hall–Kier alpha value is -6.50. The fourth-order valence-corrected chi connectivity index (χ4v) is 8.86. The molecule has 0 spiro atoms. The summed E-state index contributed by atoms with van der Waals surface area (Å²) in [6.07, 6.45) is 8.64. The van der Waals surface area contributed by atoms with Crippen LogP contribution in [0.15, 0.2) is 67.1 Å². The number of carbonyl (C=O) groups is 5. The molecule has 3 saturated heterocycles. The van der Waals surface area contributed by atoms with Gasteiger partial charge in [0.05, 0.1) is 66.0 Å². The molecule has 18 heteroatoms. The van der Waals surface area contributed by atoms with E-state index in [0.29, 0.717) is 79.5 Å². The molecule has 3 N–H and O–H groups in total. The lowest BCUT2D eigenvalue weighted by molar-refractivity contribution is -0.136. The fraction of sp³-hybridized carbons (Fsp3) is 0.391. The van der Waals surface area contributed by atoms with Gasteiger partial charge in [-0.2, -0.15) is 5.10 Å². The van der Waals surface area contributed by atoms with E-state index in [1.165, 1.54) is 12.1 Å². The predicted octanol–water partition coefficient (Wildman–Crippen LogP) is 4.32. The molecule has 1 unspecified atom stereocenters. The van der Waals surface area contributed by atoms with Crippen LogP contribution in [0.3, 0.4) is 0 Å². The maximum atomic E-state index is 15.4. The van der Waals surface area contributed by atoms with Gasteiger partial charge in [-0.1, -0.05) is 12.1 Å². The Morgan fingerprint density at radius 1 is 0.828 bits per heavy atom. The average molecular weight is 875 g/mol. The van der Waals surface area contributed by atoms with E-state index in [-0.39, 0.29) is 48.0 Å². The highest BCUT2D eigenvalue weighted by Gasteiger charge is 2.44. The maximum absolute atomic E-state index is 15.4. The predicted molar refractivity (Wildman–Crippen MR) is 231 cm³/mol. The van der Waals surface area contributed by atoms with Crippen molar-refractivity contribution in [2.75, 3.05) is 64.3 Å². The summed E-state index contributed by atoms with van der Waals surface area (Å²) in [5.74, 6) is -3.41. The third-order valence-corrected chi connectivity index (χ3v) is 12.4. The number of ether oxygens (including phenoxy) is 1. The SMILES string of the molecule is O=C(CN1CCC(n2cc(-c3cnc4cccc(-c5cc(F)c(CN6CCOCC6)c(F)c5)c4n3)cn2)CC1)NCCCCNc1ccc2c(c1)C(=O)N(C1CCC(=O)NC1=O)C2=O. The van der Waals surface area contributed by atoms with Crippen LogP contribution in [0.2, 0.25) is 0 Å². The van der Waals surface area contributed by atoms with Gasteiger partial charge in [-0.25, -0.2) is 13.8 Å². The van der Waals surface area contributed by atoms with Gasteiger partial charge in [0.1, 0.15) is 17.7 Å². The number of morpholine rings is 1. The zero-order valence-electron chi connectivity index (χ0n) is 35.2. The minimum Gasteiger partial charge on any atom is -0.385 e. The molecule has 16 nitrogen and oxygen atoms in total. The number of benzene rings is 3. The average Bonchev–Trinajstić information content (AvgIpc) is 3.89. The van der Waals surface area contributed by atoms with E-state index in [9.17, 15) is 24.0 Å². The van der Waals surface area contributed by atoms with Gasteiger partial charge in [0.25, 0.3) is 11.8 Å². The second-order valence-corrected chi connectivity index (χ2v) is 16.6. The Labute approximate surface area is 367 Å². The molecule has 0 saturated carbocycles. The molecule has 64 heavy (non-hydrogen) atoms. The van der Waals surface area contributed by atoms with E-state index < -0.39 is 41.3 Å². The number of halogens is 2. The summed E-state index contributed by atoms with van der Waals surface area (Å²) in [4.78, 5) is 77.4. The Morgan fingerprint density at radius 3 is 2.38 bits per heavy atom. The number of para-hydroxylation sites is 1. The molecule has 3 aromatic carbocycles. The van der Waals surface area contributed by atoms with Crippen molar-refractivity contribution in [2.45, 2.75) is 57.2 Å². The molecule has 5 aromatic rings. The third-order valence-electron chi connectivity index (χ3n) is 12.4. The van der Waals surface area contributed by atoms with E-state index in [0.717, 1.165) is 49.2 Å². The number of unbranched alkanes of at least 4 members (excludes halogenated alkanes) is 1. The molecule has 4 aliphatic heterocycles. The first-order valence-electron chi connectivity index (χ1n) is 21.8. The summed E-state index contributed by atoms with van der Waals surface area (Å²) >= 11 is 0. The summed E-state index contributed by atoms with van der Waals surface area (Å²) in [6, 6.07) is 12.2. The molecule has 0 aliphatic carbocycles. The first kappa shape index (κ1) is 42.8. The number of anilines is 1. The van der Waals surface area contributed by atoms with Gasteiger partial charge in [0.15, 0.2) is 0 Å². The number of imide groups is 2. The largest absolute Gasteiger partial charge is 0.385 e. The Balaban J connectivity index is 0.721. The number of likely N-dealkylation sites (tertiary alicyclic amines) is 1. The smallest absolute Gasteiger partial charge is 0.262 e. The minimum absolute atomic E-state index is 0.0396. The van der Waals surface area contributed by atoms with E-state index >= 15 is 8.78 Å². The van der Waals surface area contributed by atoms with Gasteiger partial charge < -0.3 is 15.4 Å². The minimum atomic E-state index is -1.01. The number of piperidine rings is 2. The molecule has 4 aliphatic rings. The monoisotopic (exact) mass is 874 g/mol. The number of amides is 5. The summed E-state index contributed by atoms with van der Waals surface area (Å²) in [5.41, 5.74) is 4.63. The molecule has 9 rings (SSSR count). The highest BCUT2D eigenvalue weighted by molar-refractivity contribution is 6.23. The summed E-state index contributed by atoms with van der Waals surface area (Å²) in [5, 5.41) is 13.1. The van der Waals surface area contributed by atoms with Crippen molar-refractivity contribution in [1.82, 2.24) is 45.1 Å². The van der Waals surface area contributed by atoms with Crippen molar-refractivity contribution in [1.29, 1.82) is 0 Å². The zero-order valence-corrected chi connectivity index (χ0v) is 35.2. The Morgan fingerprint density at radius 2 is 1.59 bits per heavy atom. The summed E-state index contributed by atoms with van der Waals surface area (Å²) in [7, 11) is 0. The quantitative estimate of drug-likeness (QED) is 0.106. The van der Waals surface area contributed by atoms with Gasteiger partial charge in [-0.15, -0.1) is 0 Å². The van der Waals surface area contributed by atoms with Crippen LogP contribution in [0.4, 0.5) is 14.5 Å². The second kappa shape index (κ2) is 18.7. The maximum Gasteiger partial charge on any atom is 0.262 e. The Bertz CT molecular complexity index is 2600. The van der Waals surface area contributed by atoms with Gasteiger partial charge >= 0.3 is 0 Å². The van der Waals surface area contributed by atoms with Gasteiger partial charge in [0, 0.05) is 80.8 Å². The zero-order chi connectivity index (χ0) is 44.3. The molecular weight excluding hydrogens is 827 g/mol. The molecule has 6 heterocycles. The van der Waals surface area contributed by atoms with Gasteiger partial charge in [0.2, 0.25) is 17.7 Å². The van der Waals surface area contributed by atoms with Crippen LogP contribution in [0.5, 0.6) is 0 Å². The van der Waals surface area contributed by atoms with Crippen molar-refractivity contribution < 1.29 is 37.5 Å². The van der Waals surface area contributed by atoms with Gasteiger partial charge in [-0.05, 0) is 74.1 Å². The lowest BCUT2D eigenvalue weighted by Crippen LogP contribution is -2.54. The van der Waals surface area contributed by atoms with Crippen molar-refractivity contribution in [2.24, 2.45) is 0 Å². The molecule has 1 atom stereocenters. The lowest BCUT2D eigenvalue weighted by Gasteiger charge is -2.31. The highest BCUT2D eigenvalue weighted by Crippen LogP contribution is 2.33. The van der Waals surface area contributed by atoms with Crippen molar-refractivity contribution in [3.63, 3.8) is 0 Å². The molecule has 5 amide bonds. The third kappa shape index (κ3) is 9.11. The number of aromatic nitrogens is 4. The topological polar surface area (TPSA) is 184 Å². The first-order valence-corrected chi connectivity index (χ1v) is 21.8. The molecule has 2 aromatic heterocycles. The molecule has 3 fully saturated rings. The van der Waals surface area contributed by atoms with E-state index in [1.54, 1.807) is 42.7 Å². The molecule has 0 bridgehead atoms. The van der Waals surface area contributed by atoms with Crippen molar-refractivity contribution in [3.8, 4) is 22.4 Å². The van der Waals surface area contributed by atoms with E-state index in [1.807, 2.05) is 21.8 Å². The van der Waals surface area contributed by atoms with Crippen molar-refractivity contribution >= 4 is 46.3 Å². The van der Waals surface area contributed by atoms with Crippen LogP contribution >= 0.6 is 0 Å². The van der Waals surface area contributed by atoms with Crippen LogP contribution in [0.1, 0.15) is 70.8 Å². The number of nitrogens with one attached hydrogen (secondary N) is 3. The first-order chi connectivity index (χ1) is 31.1. The van der Waals surface area contributed by atoms with Crippen molar-refractivity contribution in [3.05, 3.63) is 95.4 Å². The molecular formula is C46H48F2N10O6.